The van der Waals surface area contributed by atoms with Gasteiger partial charge >= 0.3 is 6.18 Å². The molecular weight excluding hydrogens is 509 g/mol. The molecule has 0 bridgehead atoms. The Bertz CT molecular complexity index is 1580. The largest absolute Gasteiger partial charge is 0.418 e. The molecule has 1 saturated carbocycles. The highest BCUT2D eigenvalue weighted by Crippen LogP contribution is 2.48. The van der Waals surface area contributed by atoms with Crippen LogP contribution in [0.5, 0.6) is 0 Å². The van der Waals surface area contributed by atoms with Crippen molar-refractivity contribution in [3.63, 3.8) is 0 Å². The molecule has 1 aromatic carbocycles. The lowest BCUT2D eigenvalue weighted by molar-refractivity contribution is -0.136. The van der Waals surface area contributed by atoms with Gasteiger partial charge in [0.15, 0.2) is 0 Å². The maximum absolute atomic E-state index is 14.3. The number of aliphatic hydroxyl groups excluding tert-OH is 1. The van der Waals surface area contributed by atoms with Gasteiger partial charge in [-0.2, -0.15) is 13.2 Å². The predicted octanol–water partition coefficient (Wildman–Crippen LogP) is 4.14. The molecule has 0 unspecified atom stereocenters. The molecule has 0 spiro atoms. The van der Waals surface area contributed by atoms with E-state index in [9.17, 15) is 23.1 Å². The van der Waals surface area contributed by atoms with Gasteiger partial charge < -0.3 is 14.7 Å². The number of nitrogens with one attached hydrogen (secondary N) is 1. The maximum Gasteiger partial charge on any atom is 0.418 e. The van der Waals surface area contributed by atoms with Crippen molar-refractivity contribution < 1.29 is 18.3 Å². The van der Waals surface area contributed by atoms with Crippen LogP contribution in [0.2, 0.25) is 0 Å². The summed E-state index contributed by atoms with van der Waals surface area (Å²) < 4.78 is 45.7. The van der Waals surface area contributed by atoms with Crippen LogP contribution in [-0.2, 0) is 25.2 Å². The first-order valence-electron chi connectivity index (χ1n) is 13.3. The zero-order chi connectivity index (χ0) is 27.5. The first-order valence-corrected chi connectivity index (χ1v) is 13.3. The van der Waals surface area contributed by atoms with E-state index in [0.29, 0.717) is 42.5 Å². The molecule has 1 atom stereocenters. The van der Waals surface area contributed by atoms with Gasteiger partial charge in [0.1, 0.15) is 17.7 Å². The number of hydrogen-bond donors (Lipinski definition) is 2. The molecule has 1 saturated heterocycles. The van der Waals surface area contributed by atoms with Crippen LogP contribution in [0.4, 0.5) is 13.2 Å². The van der Waals surface area contributed by atoms with Crippen LogP contribution in [0, 0.1) is 5.92 Å². The van der Waals surface area contributed by atoms with Gasteiger partial charge in [-0.05, 0) is 61.9 Å². The Morgan fingerprint density at radius 2 is 2.03 bits per heavy atom. The van der Waals surface area contributed by atoms with Crippen LogP contribution >= 0.6 is 0 Å². The molecular formula is C28H31F3N6O2. The zero-order valence-electron chi connectivity index (χ0n) is 21.9. The summed E-state index contributed by atoms with van der Waals surface area (Å²) >= 11 is 0. The molecule has 6 rings (SSSR count). The monoisotopic (exact) mass is 540 g/mol. The van der Waals surface area contributed by atoms with Gasteiger partial charge in [-0.15, -0.1) is 10.2 Å². The molecule has 3 aromatic heterocycles. The second-order valence-electron chi connectivity index (χ2n) is 11.2. The van der Waals surface area contributed by atoms with Gasteiger partial charge in [0, 0.05) is 43.1 Å². The highest BCUT2D eigenvalue weighted by molar-refractivity contribution is 5.84. The highest BCUT2D eigenvalue weighted by atomic mass is 19.4. The minimum atomic E-state index is -4.65. The molecule has 39 heavy (non-hydrogen) atoms. The third kappa shape index (κ3) is 4.47. The normalized spacial score (nSPS) is 24.3. The summed E-state index contributed by atoms with van der Waals surface area (Å²) in [6.07, 6.45) is 0.290. The van der Waals surface area contributed by atoms with Crippen LogP contribution in [0.15, 0.2) is 47.7 Å². The maximum atomic E-state index is 14.3. The second kappa shape index (κ2) is 9.34. The molecule has 1 aliphatic heterocycles. The highest BCUT2D eigenvalue weighted by Gasteiger charge is 2.49. The van der Waals surface area contributed by atoms with Crippen molar-refractivity contribution in [1.82, 2.24) is 29.2 Å². The van der Waals surface area contributed by atoms with E-state index in [-0.39, 0.29) is 10.9 Å². The molecule has 2 aliphatic rings. The minimum Gasteiger partial charge on any atom is -0.393 e. The number of nitrogens with zero attached hydrogens (tertiary/aromatic N) is 5. The van der Waals surface area contributed by atoms with E-state index in [4.69, 9.17) is 0 Å². The molecule has 0 radical (unpaired) electrons. The molecule has 4 heterocycles. The van der Waals surface area contributed by atoms with Crippen molar-refractivity contribution in [2.24, 2.45) is 13.0 Å². The number of halogens is 3. The first kappa shape index (κ1) is 25.8. The Kier molecular flexibility index (Phi) is 6.18. The fourth-order valence-corrected chi connectivity index (χ4v) is 6.41. The fraction of sp³-hybridized carbons (Fsp3) is 0.464. The summed E-state index contributed by atoms with van der Waals surface area (Å²) in [6, 6.07) is 8.38. The number of piperidine rings is 1. The summed E-state index contributed by atoms with van der Waals surface area (Å²) in [5, 5.41) is 18.3. The average molecular weight is 541 g/mol. The molecule has 0 amide bonds. The molecule has 2 N–H and O–H groups in total. The number of H-pyrrole nitrogens is 1. The van der Waals surface area contributed by atoms with Crippen LogP contribution in [-0.4, -0.2) is 53.5 Å². The first-order chi connectivity index (χ1) is 18.5. The summed E-state index contributed by atoms with van der Waals surface area (Å²) in [5.41, 5.74) is -0.446. The molecule has 1 aliphatic carbocycles. The quantitative estimate of drug-likeness (QED) is 0.397. The van der Waals surface area contributed by atoms with E-state index >= 15 is 0 Å². The minimum absolute atomic E-state index is 0.0580. The van der Waals surface area contributed by atoms with Crippen molar-refractivity contribution in [1.29, 1.82) is 0 Å². The van der Waals surface area contributed by atoms with Gasteiger partial charge in [-0.3, -0.25) is 14.3 Å². The molecule has 8 nitrogen and oxygen atoms in total. The van der Waals surface area contributed by atoms with Gasteiger partial charge in [-0.25, -0.2) is 0 Å². The Morgan fingerprint density at radius 1 is 1.23 bits per heavy atom. The van der Waals surface area contributed by atoms with E-state index in [1.807, 2.05) is 13.1 Å². The SMILES string of the molecule is C[C@H]1CCCN(Cc2cc3c(C(F)(F)F)cn(-c4cccc(C5(c6nncn6C)CC(O)C5)c4)c(=O)c3[nH]2)C1. The second-order valence-corrected chi connectivity index (χ2v) is 11.2. The van der Waals surface area contributed by atoms with Gasteiger partial charge in [0.05, 0.1) is 17.1 Å². The number of alkyl halides is 3. The number of fused-ring (bicyclic) bond motifs is 1. The van der Waals surface area contributed by atoms with E-state index in [2.05, 4.69) is 27.0 Å². The molecule has 2 fully saturated rings. The molecule has 206 valence electrons. The third-order valence-electron chi connectivity index (χ3n) is 8.28. The predicted molar refractivity (Wildman–Crippen MR) is 140 cm³/mol. The lowest BCUT2D eigenvalue weighted by Crippen LogP contribution is -2.47. The number of hydrogen-bond acceptors (Lipinski definition) is 5. The van der Waals surface area contributed by atoms with Crippen LogP contribution in [0.1, 0.15) is 55.3 Å². The van der Waals surface area contributed by atoms with Gasteiger partial charge in [-0.1, -0.05) is 19.1 Å². The molecule has 11 heteroatoms. The fourth-order valence-electron chi connectivity index (χ4n) is 6.41. The Labute approximate surface area is 223 Å². The number of pyridine rings is 1. The van der Waals surface area contributed by atoms with Crippen molar-refractivity contribution in [3.8, 4) is 5.69 Å². The zero-order valence-corrected chi connectivity index (χ0v) is 21.9. The van der Waals surface area contributed by atoms with Crippen molar-refractivity contribution in [2.45, 2.75) is 56.8 Å². The van der Waals surface area contributed by atoms with Crippen molar-refractivity contribution >= 4 is 10.9 Å². The van der Waals surface area contributed by atoms with Crippen LogP contribution in [0.3, 0.4) is 0 Å². The van der Waals surface area contributed by atoms with Gasteiger partial charge in [0.2, 0.25) is 0 Å². The van der Waals surface area contributed by atoms with Crippen LogP contribution in [0.25, 0.3) is 16.6 Å². The lowest BCUT2D eigenvalue weighted by atomic mass is 9.62. The van der Waals surface area contributed by atoms with E-state index in [0.717, 1.165) is 42.3 Å². The van der Waals surface area contributed by atoms with Gasteiger partial charge in [0.25, 0.3) is 5.56 Å². The number of likely N-dealkylation sites (tertiary alicyclic amines) is 1. The topological polar surface area (TPSA) is 92.0 Å². The smallest absolute Gasteiger partial charge is 0.393 e. The number of aryl methyl sites for hydroxylation is 1. The number of aromatic nitrogens is 5. The lowest BCUT2D eigenvalue weighted by Gasteiger charge is -2.44. The Balaban J connectivity index is 1.45. The standard InChI is InChI=1S/C28H31F3N6O2/c1-17-5-4-8-36(13-17)14-19-10-22-23(28(29,30)31)15-37(25(39)24(22)33-19)20-7-3-6-18(9-20)27(11-21(38)12-27)26-34-32-16-35(26)2/h3,6-7,9-10,15-17,21,33,38H,4-5,8,11-14H2,1-2H3/t17-,21?,27?/m0/s1. The van der Waals surface area contributed by atoms with E-state index < -0.39 is 28.8 Å². The third-order valence-corrected chi connectivity index (χ3v) is 8.28. The summed E-state index contributed by atoms with van der Waals surface area (Å²) in [5.74, 6) is 1.18. The van der Waals surface area contributed by atoms with Crippen molar-refractivity contribution in [2.75, 3.05) is 13.1 Å². The average Bonchev–Trinajstić information content (AvgIpc) is 3.48. The summed E-state index contributed by atoms with van der Waals surface area (Å²) in [4.78, 5) is 18.9. The molecule has 4 aromatic rings. The summed E-state index contributed by atoms with van der Waals surface area (Å²) in [6.45, 7) is 4.39. The van der Waals surface area contributed by atoms with E-state index in [1.54, 1.807) is 29.1 Å². The number of aliphatic hydroxyl groups is 1. The Hall–Kier alpha value is -3.44. The van der Waals surface area contributed by atoms with E-state index in [1.165, 1.54) is 6.07 Å². The number of benzene rings is 1. The van der Waals surface area contributed by atoms with Crippen LogP contribution < -0.4 is 5.56 Å². The van der Waals surface area contributed by atoms with Crippen molar-refractivity contribution in [3.05, 3.63) is 75.9 Å². The Morgan fingerprint density at radius 3 is 2.69 bits per heavy atom. The number of rotatable bonds is 5. The summed E-state index contributed by atoms with van der Waals surface area (Å²) in [7, 11) is 1.81. The number of aromatic amines is 1.